The molecule has 1 fully saturated rings. The Morgan fingerprint density at radius 1 is 1.16 bits per heavy atom. The van der Waals surface area contributed by atoms with Crippen LogP contribution in [0, 0.1) is 0 Å². The first-order valence-corrected chi connectivity index (χ1v) is 11.7. The Morgan fingerprint density at radius 2 is 1.87 bits per heavy atom. The molecule has 1 unspecified atom stereocenters. The van der Waals surface area contributed by atoms with Crippen molar-refractivity contribution < 1.29 is 23.4 Å². The summed E-state index contributed by atoms with van der Waals surface area (Å²) >= 11 is 0. The number of hydrogen-bond donors (Lipinski definition) is 2. The van der Waals surface area contributed by atoms with Gasteiger partial charge in [-0.2, -0.15) is 12.8 Å². The molecule has 0 saturated carbocycles. The van der Waals surface area contributed by atoms with Crippen LogP contribution in [0.15, 0.2) is 69.6 Å². The van der Waals surface area contributed by atoms with Gasteiger partial charge in [0.1, 0.15) is 0 Å². The number of allylic oxidation sites excluding steroid dienone is 1. The second kappa shape index (κ2) is 8.20. The van der Waals surface area contributed by atoms with Crippen LogP contribution in [0.4, 0.5) is 0 Å². The van der Waals surface area contributed by atoms with Crippen LogP contribution in [-0.4, -0.2) is 55.5 Å². The van der Waals surface area contributed by atoms with Crippen LogP contribution in [0.2, 0.25) is 0 Å². The van der Waals surface area contributed by atoms with Crippen molar-refractivity contribution in [3.05, 3.63) is 77.0 Å². The summed E-state index contributed by atoms with van der Waals surface area (Å²) in [6.07, 6.45) is 1.54. The van der Waals surface area contributed by atoms with Crippen molar-refractivity contribution in [1.82, 2.24) is 4.90 Å². The standard InChI is InChI=1S/C23H26N2O5S/c1-16(2)17-7-9-18(10-8-17)31(28,29)24-21-15-22-23(27,20-6-4-3-5-19(20)21)30-14-12-25(22)11-13-26/h3-10,15-16,26-27H,11-14H2,1-2H3/b24-21-. The van der Waals surface area contributed by atoms with E-state index in [0.29, 0.717) is 29.3 Å². The minimum absolute atomic E-state index is 0.105. The van der Waals surface area contributed by atoms with Crippen LogP contribution >= 0.6 is 0 Å². The van der Waals surface area contributed by atoms with Crippen LogP contribution in [0.3, 0.4) is 0 Å². The summed E-state index contributed by atoms with van der Waals surface area (Å²) in [6, 6.07) is 13.6. The fourth-order valence-electron chi connectivity index (χ4n) is 3.96. The molecule has 7 nitrogen and oxygen atoms in total. The van der Waals surface area contributed by atoms with E-state index in [9.17, 15) is 18.6 Å². The minimum Gasteiger partial charge on any atom is -0.395 e. The van der Waals surface area contributed by atoms with E-state index in [1.165, 1.54) is 6.08 Å². The molecule has 0 radical (unpaired) electrons. The van der Waals surface area contributed by atoms with Crippen LogP contribution in [0.5, 0.6) is 0 Å². The van der Waals surface area contributed by atoms with E-state index < -0.39 is 15.8 Å². The molecule has 2 aromatic rings. The number of benzene rings is 2. The van der Waals surface area contributed by atoms with Crippen LogP contribution in [0.25, 0.3) is 0 Å². The quantitative estimate of drug-likeness (QED) is 0.738. The number of morpholine rings is 1. The first kappa shape index (κ1) is 21.7. The summed E-state index contributed by atoms with van der Waals surface area (Å²) in [4.78, 5) is 1.90. The van der Waals surface area contributed by atoms with Gasteiger partial charge in [-0.1, -0.05) is 50.2 Å². The Balaban J connectivity index is 1.83. The van der Waals surface area contributed by atoms with E-state index in [1.54, 1.807) is 53.4 Å². The Labute approximate surface area is 182 Å². The first-order chi connectivity index (χ1) is 14.8. The predicted octanol–water partition coefficient (Wildman–Crippen LogP) is 2.36. The lowest BCUT2D eigenvalue weighted by Crippen LogP contribution is -2.50. The molecule has 1 saturated heterocycles. The first-order valence-electron chi connectivity index (χ1n) is 10.3. The molecular formula is C23H26N2O5S. The average Bonchev–Trinajstić information content (AvgIpc) is 2.75. The maximum atomic E-state index is 13.1. The largest absolute Gasteiger partial charge is 0.395 e. The molecule has 31 heavy (non-hydrogen) atoms. The summed E-state index contributed by atoms with van der Waals surface area (Å²) in [6.45, 7) is 5.00. The molecular weight excluding hydrogens is 416 g/mol. The van der Waals surface area contributed by atoms with Gasteiger partial charge in [-0.25, -0.2) is 0 Å². The molecule has 2 aliphatic rings. The van der Waals surface area contributed by atoms with Crippen LogP contribution in [0.1, 0.15) is 36.5 Å². The number of fused-ring (bicyclic) bond motifs is 3. The smallest absolute Gasteiger partial charge is 0.282 e. The number of hydrogen-bond acceptors (Lipinski definition) is 6. The summed E-state index contributed by atoms with van der Waals surface area (Å²) in [7, 11) is -3.98. The van der Waals surface area contributed by atoms with Gasteiger partial charge in [-0.05, 0) is 29.7 Å². The third-order valence-electron chi connectivity index (χ3n) is 5.63. The van der Waals surface area contributed by atoms with Crippen molar-refractivity contribution >= 4 is 15.7 Å². The van der Waals surface area contributed by atoms with Crippen molar-refractivity contribution in [2.24, 2.45) is 4.40 Å². The molecule has 4 rings (SSSR count). The lowest BCUT2D eigenvalue weighted by molar-refractivity contribution is -0.219. The van der Waals surface area contributed by atoms with Crippen molar-refractivity contribution in [2.75, 3.05) is 26.3 Å². The second-order valence-corrected chi connectivity index (χ2v) is 9.56. The van der Waals surface area contributed by atoms with Gasteiger partial charge in [0.25, 0.3) is 10.0 Å². The number of β-amino-alcohol motifs (C(OH)–C–C–N with tert-alkyl or cyclic N) is 1. The van der Waals surface area contributed by atoms with Crippen molar-refractivity contribution in [3.8, 4) is 0 Å². The molecule has 0 aromatic heterocycles. The van der Waals surface area contributed by atoms with Gasteiger partial charge in [-0.3, -0.25) is 0 Å². The van der Waals surface area contributed by atoms with E-state index in [0.717, 1.165) is 5.56 Å². The van der Waals surface area contributed by atoms with E-state index in [4.69, 9.17) is 4.74 Å². The van der Waals surface area contributed by atoms with E-state index in [2.05, 4.69) is 4.40 Å². The normalized spacial score (nSPS) is 22.3. The summed E-state index contributed by atoms with van der Waals surface area (Å²) in [5.41, 5.74) is 2.55. The van der Waals surface area contributed by atoms with E-state index >= 15 is 0 Å². The topological polar surface area (TPSA) is 99.4 Å². The number of ether oxygens (including phenoxy) is 1. The van der Waals surface area contributed by atoms with Gasteiger partial charge in [-0.15, -0.1) is 0 Å². The van der Waals surface area contributed by atoms with E-state index in [-0.39, 0.29) is 30.4 Å². The molecule has 1 aliphatic carbocycles. The Morgan fingerprint density at radius 3 is 2.55 bits per heavy atom. The third-order valence-corrected chi connectivity index (χ3v) is 6.94. The molecule has 1 heterocycles. The maximum absolute atomic E-state index is 13.1. The van der Waals surface area contributed by atoms with Gasteiger partial charge >= 0.3 is 0 Å². The zero-order valence-corrected chi connectivity index (χ0v) is 18.3. The third kappa shape index (κ3) is 3.92. The molecule has 0 spiro atoms. The van der Waals surface area contributed by atoms with Crippen molar-refractivity contribution in [3.63, 3.8) is 0 Å². The molecule has 8 heteroatoms. The predicted molar refractivity (Wildman–Crippen MR) is 117 cm³/mol. The molecule has 164 valence electrons. The lowest BCUT2D eigenvalue weighted by atomic mass is 9.86. The van der Waals surface area contributed by atoms with Gasteiger partial charge in [0.05, 0.1) is 29.5 Å². The molecule has 0 bridgehead atoms. The molecule has 2 N–H and O–H groups in total. The second-order valence-electron chi connectivity index (χ2n) is 7.95. The maximum Gasteiger partial charge on any atom is 0.282 e. The number of sulfonamides is 1. The summed E-state index contributed by atoms with van der Waals surface area (Å²) in [5.74, 6) is -1.43. The van der Waals surface area contributed by atoms with Crippen LogP contribution < -0.4 is 0 Å². The molecule has 0 amide bonds. The van der Waals surface area contributed by atoms with Crippen molar-refractivity contribution in [1.29, 1.82) is 0 Å². The van der Waals surface area contributed by atoms with Gasteiger partial charge < -0.3 is 19.8 Å². The summed E-state index contributed by atoms with van der Waals surface area (Å²) in [5, 5.41) is 20.8. The number of aliphatic hydroxyl groups is 2. The van der Waals surface area contributed by atoms with E-state index in [1.807, 2.05) is 13.8 Å². The number of nitrogens with zero attached hydrogens (tertiary/aromatic N) is 2. The highest BCUT2D eigenvalue weighted by molar-refractivity contribution is 7.90. The fourth-order valence-corrected chi connectivity index (χ4v) is 4.96. The highest BCUT2D eigenvalue weighted by Gasteiger charge is 2.46. The van der Waals surface area contributed by atoms with Crippen LogP contribution in [-0.2, 0) is 20.5 Å². The monoisotopic (exact) mass is 442 g/mol. The molecule has 2 aromatic carbocycles. The van der Waals surface area contributed by atoms with Gasteiger partial charge in [0.2, 0.25) is 5.79 Å². The lowest BCUT2D eigenvalue weighted by Gasteiger charge is -2.45. The zero-order chi connectivity index (χ0) is 22.2. The van der Waals surface area contributed by atoms with Gasteiger partial charge in [0.15, 0.2) is 0 Å². The SMILES string of the molecule is CC(C)c1ccc(S(=O)(=O)/N=C2/C=C3N(CCO)CCOC3(O)c3ccccc32)cc1. The highest BCUT2D eigenvalue weighted by Crippen LogP contribution is 2.41. The molecule has 1 aliphatic heterocycles. The Kier molecular flexibility index (Phi) is 5.74. The Hall–Kier alpha value is -2.52. The van der Waals surface area contributed by atoms with Gasteiger partial charge in [0, 0.05) is 24.2 Å². The average molecular weight is 443 g/mol. The molecule has 1 atom stereocenters. The van der Waals surface area contributed by atoms with Crippen molar-refractivity contribution in [2.45, 2.75) is 30.4 Å². The number of rotatable bonds is 5. The Bertz CT molecular complexity index is 1140. The highest BCUT2D eigenvalue weighted by atomic mass is 32.2. The number of aliphatic hydroxyl groups excluding tert-OH is 1. The fraction of sp³-hybridized carbons (Fsp3) is 0.348. The zero-order valence-electron chi connectivity index (χ0n) is 17.5. The minimum atomic E-state index is -3.98. The summed E-state index contributed by atoms with van der Waals surface area (Å²) < 4.78 is 36.0.